The molecule has 15 heavy (non-hydrogen) atoms. The largest absolute Gasteiger partial charge is 0.477 e. The summed E-state index contributed by atoms with van der Waals surface area (Å²) in [7, 11) is 0. The van der Waals surface area contributed by atoms with Gasteiger partial charge in [-0.2, -0.15) is 0 Å². The second-order valence-electron chi connectivity index (χ2n) is 4.04. The van der Waals surface area contributed by atoms with Crippen LogP contribution in [0.3, 0.4) is 0 Å². The number of aromatic nitrogens is 1. The number of hydrogen-bond donors (Lipinski definition) is 0. The van der Waals surface area contributed by atoms with E-state index in [1.807, 2.05) is 12.1 Å². The molecule has 1 aromatic heterocycles. The average molecular weight is 226 g/mol. The predicted molar refractivity (Wildman–Crippen MR) is 61.2 cm³/mol. The van der Waals surface area contributed by atoms with Crippen LogP contribution in [-0.2, 0) is 5.88 Å². The zero-order chi connectivity index (χ0) is 10.5. The average Bonchev–Trinajstić information content (AvgIpc) is 2.22. The van der Waals surface area contributed by atoms with Crippen molar-refractivity contribution in [3.8, 4) is 5.88 Å². The number of alkyl halides is 1. The number of ether oxygens (including phenoxy) is 1. The maximum Gasteiger partial charge on any atom is 0.217 e. The lowest BCUT2D eigenvalue weighted by Gasteiger charge is -2.24. The summed E-state index contributed by atoms with van der Waals surface area (Å²) in [6.07, 6.45) is 7.02. The lowest BCUT2D eigenvalue weighted by Crippen LogP contribution is -2.15. The van der Waals surface area contributed by atoms with E-state index in [9.17, 15) is 0 Å². The molecule has 1 saturated carbocycles. The first-order valence-electron chi connectivity index (χ1n) is 5.53. The molecule has 1 aromatic rings. The van der Waals surface area contributed by atoms with E-state index in [2.05, 4.69) is 4.98 Å². The molecule has 2 rings (SSSR count). The highest BCUT2D eigenvalue weighted by atomic mass is 35.5. The minimum atomic E-state index is 0.465. The molecule has 1 aliphatic rings. The van der Waals surface area contributed by atoms with Crippen molar-refractivity contribution < 1.29 is 4.74 Å². The van der Waals surface area contributed by atoms with Crippen molar-refractivity contribution in [2.45, 2.75) is 31.6 Å². The summed E-state index contributed by atoms with van der Waals surface area (Å²) in [4.78, 5) is 4.18. The number of pyridine rings is 1. The first-order chi connectivity index (χ1) is 7.40. The Labute approximate surface area is 95.6 Å². The van der Waals surface area contributed by atoms with E-state index in [4.69, 9.17) is 16.3 Å². The number of nitrogens with zero attached hydrogens (tertiary/aromatic N) is 1. The van der Waals surface area contributed by atoms with Gasteiger partial charge in [0.2, 0.25) is 5.88 Å². The van der Waals surface area contributed by atoms with Crippen LogP contribution in [0.4, 0.5) is 0 Å². The van der Waals surface area contributed by atoms with Crippen molar-refractivity contribution in [2.75, 3.05) is 6.61 Å². The zero-order valence-electron chi connectivity index (χ0n) is 8.79. The van der Waals surface area contributed by atoms with Gasteiger partial charge in [-0.15, -0.1) is 11.6 Å². The zero-order valence-corrected chi connectivity index (χ0v) is 9.54. The van der Waals surface area contributed by atoms with E-state index in [1.54, 1.807) is 6.20 Å². The van der Waals surface area contributed by atoms with Crippen LogP contribution in [0, 0.1) is 5.92 Å². The highest BCUT2D eigenvalue weighted by Crippen LogP contribution is 2.29. The number of rotatable bonds is 5. The summed E-state index contributed by atoms with van der Waals surface area (Å²) in [5.41, 5.74) is 0.979. The van der Waals surface area contributed by atoms with Crippen LogP contribution in [-0.4, -0.2) is 11.6 Å². The monoisotopic (exact) mass is 225 g/mol. The number of hydrogen-bond acceptors (Lipinski definition) is 2. The molecule has 0 atom stereocenters. The maximum atomic E-state index is 5.79. The highest BCUT2D eigenvalue weighted by molar-refractivity contribution is 6.17. The second-order valence-corrected chi connectivity index (χ2v) is 4.30. The van der Waals surface area contributed by atoms with Gasteiger partial charge in [-0.25, -0.2) is 4.98 Å². The molecular formula is C12H16ClNO. The smallest absolute Gasteiger partial charge is 0.217 e. The third kappa shape index (κ3) is 2.85. The SMILES string of the molecule is ClCc1cccnc1OCCC1CCC1. The standard InChI is InChI=1S/C12H16ClNO/c13-9-11-5-2-7-14-12(11)15-8-6-10-3-1-4-10/h2,5,7,10H,1,3-4,6,8-9H2. The van der Waals surface area contributed by atoms with Gasteiger partial charge < -0.3 is 4.74 Å². The molecule has 0 unspecified atom stereocenters. The Hall–Kier alpha value is -0.760. The van der Waals surface area contributed by atoms with Gasteiger partial charge in [0.15, 0.2) is 0 Å². The Bertz CT molecular complexity index is 312. The Balaban J connectivity index is 1.81. The van der Waals surface area contributed by atoms with E-state index in [1.165, 1.54) is 19.3 Å². The molecule has 0 radical (unpaired) electrons. The van der Waals surface area contributed by atoms with Gasteiger partial charge in [0.05, 0.1) is 12.5 Å². The van der Waals surface area contributed by atoms with Crippen molar-refractivity contribution in [3.05, 3.63) is 23.9 Å². The maximum absolute atomic E-state index is 5.79. The molecule has 2 nitrogen and oxygen atoms in total. The van der Waals surface area contributed by atoms with Crippen LogP contribution < -0.4 is 4.74 Å². The molecule has 0 aliphatic heterocycles. The minimum Gasteiger partial charge on any atom is -0.477 e. The Morgan fingerprint density at radius 2 is 2.33 bits per heavy atom. The molecule has 0 aromatic carbocycles. The number of halogens is 1. The molecule has 0 amide bonds. The van der Waals surface area contributed by atoms with E-state index in [-0.39, 0.29) is 0 Å². The molecule has 1 heterocycles. The van der Waals surface area contributed by atoms with E-state index in [0.29, 0.717) is 11.8 Å². The molecular weight excluding hydrogens is 210 g/mol. The molecule has 82 valence electrons. The molecule has 0 spiro atoms. The molecule has 0 N–H and O–H groups in total. The fourth-order valence-electron chi connectivity index (χ4n) is 1.76. The van der Waals surface area contributed by atoms with E-state index < -0.39 is 0 Å². The van der Waals surface area contributed by atoms with Gasteiger partial charge in [0.1, 0.15) is 0 Å². The predicted octanol–water partition coefficient (Wildman–Crippen LogP) is 3.39. The van der Waals surface area contributed by atoms with Gasteiger partial charge in [-0.1, -0.05) is 25.3 Å². The molecule has 0 bridgehead atoms. The molecule has 1 aliphatic carbocycles. The topological polar surface area (TPSA) is 22.1 Å². The van der Waals surface area contributed by atoms with E-state index >= 15 is 0 Å². The lowest BCUT2D eigenvalue weighted by molar-refractivity contribution is 0.216. The molecule has 3 heteroatoms. The van der Waals surface area contributed by atoms with Crippen LogP contribution in [0.15, 0.2) is 18.3 Å². The van der Waals surface area contributed by atoms with Crippen molar-refractivity contribution in [3.63, 3.8) is 0 Å². The first-order valence-corrected chi connectivity index (χ1v) is 6.06. The Morgan fingerprint density at radius 3 is 3.00 bits per heavy atom. The molecule has 0 saturated heterocycles. The normalized spacial score (nSPS) is 16.1. The van der Waals surface area contributed by atoms with Gasteiger partial charge in [0.25, 0.3) is 0 Å². The van der Waals surface area contributed by atoms with Gasteiger partial charge >= 0.3 is 0 Å². The highest BCUT2D eigenvalue weighted by Gasteiger charge is 2.17. The van der Waals surface area contributed by atoms with Gasteiger partial charge in [-0.05, 0) is 18.4 Å². The summed E-state index contributed by atoms with van der Waals surface area (Å²) in [5, 5.41) is 0. The van der Waals surface area contributed by atoms with Crippen LogP contribution in [0.25, 0.3) is 0 Å². The Kier molecular flexibility index (Phi) is 3.84. The summed E-state index contributed by atoms with van der Waals surface area (Å²) in [5.74, 6) is 2.05. The van der Waals surface area contributed by atoms with E-state index in [0.717, 1.165) is 24.5 Å². The molecule has 1 fully saturated rings. The minimum absolute atomic E-state index is 0.465. The van der Waals surface area contributed by atoms with Gasteiger partial charge in [0, 0.05) is 11.8 Å². The second kappa shape index (κ2) is 5.36. The van der Waals surface area contributed by atoms with Crippen LogP contribution in [0.2, 0.25) is 0 Å². The third-order valence-electron chi connectivity index (χ3n) is 2.98. The quantitative estimate of drug-likeness (QED) is 0.717. The first kappa shape index (κ1) is 10.7. The summed E-state index contributed by atoms with van der Waals surface area (Å²) in [6, 6.07) is 3.84. The van der Waals surface area contributed by atoms with Crippen molar-refractivity contribution in [1.82, 2.24) is 4.98 Å². The van der Waals surface area contributed by atoms with Crippen molar-refractivity contribution >= 4 is 11.6 Å². The summed E-state index contributed by atoms with van der Waals surface area (Å²) >= 11 is 5.79. The van der Waals surface area contributed by atoms with Crippen LogP contribution in [0.1, 0.15) is 31.2 Å². The van der Waals surface area contributed by atoms with Crippen LogP contribution in [0.5, 0.6) is 5.88 Å². The third-order valence-corrected chi connectivity index (χ3v) is 3.27. The fraction of sp³-hybridized carbons (Fsp3) is 0.583. The van der Waals surface area contributed by atoms with Gasteiger partial charge in [-0.3, -0.25) is 0 Å². The lowest BCUT2D eigenvalue weighted by atomic mass is 9.83. The van der Waals surface area contributed by atoms with Crippen LogP contribution >= 0.6 is 11.6 Å². The Morgan fingerprint density at radius 1 is 1.47 bits per heavy atom. The van der Waals surface area contributed by atoms with Crippen molar-refractivity contribution in [1.29, 1.82) is 0 Å². The van der Waals surface area contributed by atoms with Crippen molar-refractivity contribution in [2.24, 2.45) is 5.92 Å². The summed E-state index contributed by atoms with van der Waals surface area (Å²) < 4.78 is 5.64. The summed E-state index contributed by atoms with van der Waals surface area (Å²) in [6.45, 7) is 0.769. The fourth-order valence-corrected chi connectivity index (χ4v) is 1.96.